The Hall–Kier alpha value is -1.89. The summed E-state index contributed by atoms with van der Waals surface area (Å²) in [6.45, 7) is 6.60. The summed E-state index contributed by atoms with van der Waals surface area (Å²) in [7, 11) is 0. The number of nitriles is 1. The van der Waals surface area contributed by atoms with Gasteiger partial charge in [-0.25, -0.2) is 0 Å². The normalized spacial score (nSPS) is 22.8. The van der Waals surface area contributed by atoms with Gasteiger partial charge in [-0.1, -0.05) is 30.4 Å². The predicted molar refractivity (Wildman–Crippen MR) is 92.8 cm³/mol. The molecule has 3 rings (SSSR count). The Bertz CT molecular complexity index is 751. The second-order valence-electron chi connectivity index (χ2n) is 6.50. The molecule has 1 aromatic heterocycles. The van der Waals surface area contributed by atoms with Crippen LogP contribution in [-0.4, -0.2) is 11.6 Å². The number of hydrogen-bond acceptors (Lipinski definition) is 3. The number of nitrogens with one attached hydrogen (secondary N) is 1. The number of allylic oxidation sites excluding steroid dienone is 4. The lowest BCUT2D eigenvalue weighted by atomic mass is 9.86. The third-order valence-electron chi connectivity index (χ3n) is 4.02. The lowest BCUT2D eigenvalue weighted by Crippen LogP contribution is -2.48. The Morgan fingerprint density at radius 2 is 2.23 bits per heavy atom. The first-order chi connectivity index (χ1) is 10.5. The molecule has 1 aliphatic carbocycles. The maximum Gasteiger partial charge on any atom is 0.110 e. The molecule has 0 aromatic carbocycles. The molecule has 1 N–H and O–H groups in total. The summed E-state index contributed by atoms with van der Waals surface area (Å²) in [5, 5.41) is 14.7. The van der Waals surface area contributed by atoms with Crippen molar-refractivity contribution in [2.75, 3.05) is 0 Å². The van der Waals surface area contributed by atoms with Crippen LogP contribution in [0.5, 0.6) is 0 Å². The van der Waals surface area contributed by atoms with Crippen LogP contribution < -0.4 is 5.32 Å². The van der Waals surface area contributed by atoms with Gasteiger partial charge in [-0.2, -0.15) is 5.26 Å². The van der Waals surface area contributed by atoms with Crippen LogP contribution in [0.25, 0.3) is 0 Å². The van der Waals surface area contributed by atoms with Gasteiger partial charge < -0.3 is 0 Å². The summed E-state index contributed by atoms with van der Waals surface area (Å²) in [4.78, 5) is 0.780. The molecule has 1 aromatic rings. The van der Waals surface area contributed by atoms with Crippen LogP contribution in [0.1, 0.15) is 31.2 Å². The minimum Gasteiger partial charge on any atom is -0.298 e. The predicted octanol–water partition coefficient (Wildman–Crippen LogP) is 4.28. The molecule has 1 unspecified atom stereocenters. The van der Waals surface area contributed by atoms with E-state index >= 15 is 0 Å². The van der Waals surface area contributed by atoms with Gasteiger partial charge in [0.2, 0.25) is 0 Å². The Labute approximate surface area is 136 Å². The van der Waals surface area contributed by atoms with E-state index in [1.54, 1.807) is 0 Å². The zero-order valence-corrected chi connectivity index (χ0v) is 14.0. The van der Waals surface area contributed by atoms with Gasteiger partial charge in [-0.15, -0.1) is 11.3 Å². The van der Waals surface area contributed by atoms with Crippen molar-refractivity contribution in [2.24, 2.45) is 0 Å². The van der Waals surface area contributed by atoms with E-state index in [0.717, 1.165) is 11.3 Å². The summed E-state index contributed by atoms with van der Waals surface area (Å²) in [6.07, 6.45) is 12.0. The largest absolute Gasteiger partial charge is 0.298 e. The Balaban J connectivity index is 1.89. The van der Waals surface area contributed by atoms with Crippen LogP contribution in [0.2, 0.25) is 0 Å². The van der Waals surface area contributed by atoms with Gasteiger partial charge in [-0.05, 0) is 60.9 Å². The molecule has 112 valence electrons. The SMILES string of the molecule is CC1=CC(C)(C)NC2C=CC=C(Cc3csc(C#N)c3)C=C12. The molecule has 2 heterocycles. The van der Waals surface area contributed by atoms with Gasteiger partial charge in [0.05, 0.1) is 6.04 Å². The first kappa shape index (κ1) is 15.0. The van der Waals surface area contributed by atoms with Crippen molar-refractivity contribution in [3.8, 4) is 6.07 Å². The lowest BCUT2D eigenvalue weighted by molar-refractivity contribution is 0.442. The highest BCUT2D eigenvalue weighted by Gasteiger charge is 2.28. The van der Waals surface area contributed by atoms with E-state index in [4.69, 9.17) is 5.26 Å². The van der Waals surface area contributed by atoms with Crippen LogP contribution in [-0.2, 0) is 6.42 Å². The summed E-state index contributed by atoms with van der Waals surface area (Å²) < 4.78 is 0. The zero-order chi connectivity index (χ0) is 15.7. The fraction of sp³-hybridized carbons (Fsp3) is 0.316. The molecule has 0 saturated heterocycles. The highest BCUT2D eigenvalue weighted by molar-refractivity contribution is 7.10. The van der Waals surface area contributed by atoms with Crippen molar-refractivity contribution >= 4 is 11.3 Å². The molecular weight excluding hydrogens is 288 g/mol. The summed E-state index contributed by atoms with van der Waals surface area (Å²) in [5.41, 5.74) is 5.20. The molecule has 0 fully saturated rings. The van der Waals surface area contributed by atoms with Gasteiger partial charge in [0.25, 0.3) is 0 Å². The quantitative estimate of drug-likeness (QED) is 0.885. The van der Waals surface area contributed by atoms with Crippen molar-refractivity contribution in [3.05, 3.63) is 69.0 Å². The maximum absolute atomic E-state index is 8.95. The molecule has 3 heteroatoms. The van der Waals surface area contributed by atoms with Crippen molar-refractivity contribution in [1.82, 2.24) is 5.32 Å². The number of nitrogens with zero attached hydrogens (tertiary/aromatic N) is 1. The Kier molecular flexibility index (Phi) is 3.90. The van der Waals surface area contributed by atoms with Crippen molar-refractivity contribution in [3.63, 3.8) is 0 Å². The van der Waals surface area contributed by atoms with E-state index < -0.39 is 0 Å². The second-order valence-corrected chi connectivity index (χ2v) is 7.42. The molecule has 2 aliphatic rings. The molecule has 0 bridgehead atoms. The van der Waals surface area contributed by atoms with E-state index in [1.165, 1.54) is 33.6 Å². The standard InChI is InChI=1S/C19H20N2S/c1-13-10-19(2,3)21-18-6-4-5-14(9-17(13)18)7-15-8-16(11-20)22-12-15/h4-6,8-10,12,18,21H,7H2,1-3H3. The average molecular weight is 308 g/mol. The summed E-state index contributed by atoms with van der Waals surface area (Å²) in [6, 6.07) is 4.47. The van der Waals surface area contributed by atoms with Crippen LogP contribution in [0.3, 0.4) is 0 Å². The van der Waals surface area contributed by atoms with Crippen LogP contribution >= 0.6 is 11.3 Å². The zero-order valence-electron chi connectivity index (χ0n) is 13.2. The highest BCUT2D eigenvalue weighted by Crippen LogP contribution is 2.29. The summed E-state index contributed by atoms with van der Waals surface area (Å²) in [5.74, 6) is 0. The molecule has 0 saturated carbocycles. The Morgan fingerprint density at radius 3 is 2.95 bits per heavy atom. The fourth-order valence-corrected chi connectivity index (χ4v) is 3.86. The minimum atomic E-state index is 0.0238. The van der Waals surface area contributed by atoms with Crippen LogP contribution in [0.15, 0.2) is 58.5 Å². The van der Waals surface area contributed by atoms with E-state index in [-0.39, 0.29) is 11.6 Å². The summed E-state index contributed by atoms with van der Waals surface area (Å²) >= 11 is 1.52. The smallest absolute Gasteiger partial charge is 0.110 e. The molecular formula is C19H20N2S. The van der Waals surface area contributed by atoms with Crippen molar-refractivity contribution in [2.45, 2.75) is 38.8 Å². The topological polar surface area (TPSA) is 35.8 Å². The van der Waals surface area contributed by atoms with Gasteiger partial charge in [-0.3, -0.25) is 5.32 Å². The number of rotatable bonds is 2. The molecule has 0 radical (unpaired) electrons. The molecule has 1 aliphatic heterocycles. The number of fused-ring (bicyclic) bond motifs is 1. The Morgan fingerprint density at radius 1 is 1.41 bits per heavy atom. The van der Waals surface area contributed by atoms with E-state index in [0.29, 0.717) is 0 Å². The minimum absolute atomic E-state index is 0.0238. The van der Waals surface area contributed by atoms with Crippen LogP contribution in [0, 0.1) is 11.3 Å². The fourth-order valence-electron chi connectivity index (χ4n) is 3.16. The van der Waals surface area contributed by atoms with Crippen molar-refractivity contribution < 1.29 is 0 Å². The first-order valence-electron chi connectivity index (χ1n) is 7.51. The third-order valence-corrected chi connectivity index (χ3v) is 4.91. The first-order valence-corrected chi connectivity index (χ1v) is 8.39. The number of thiophene rings is 1. The average Bonchev–Trinajstić information content (AvgIpc) is 2.79. The van der Waals surface area contributed by atoms with E-state index in [9.17, 15) is 0 Å². The second kappa shape index (κ2) is 5.72. The molecule has 1 atom stereocenters. The molecule has 2 nitrogen and oxygen atoms in total. The van der Waals surface area contributed by atoms with Gasteiger partial charge >= 0.3 is 0 Å². The third kappa shape index (κ3) is 3.14. The van der Waals surface area contributed by atoms with Gasteiger partial charge in [0, 0.05) is 5.54 Å². The molecule has 0 spiro atoms. The lowest BCUT2D eigenvalue weighted by Gasteiger charge is -2.35. The van der Waals surface area contributed by atoms with Gasteiger partial charge in [0.15, 0.2) is 0 Å². The maximum atomic E-state index is 8.95. The van der Waals surface area contributed by atoms with Crippen LogP contribution in [0.4, 0.5) is 0 Å². The van der Waals surface area contributed by atoms with E-state index in [2.05, 4.69) is 67.9 Å². The highest BCUT2D eigenvalue weighted by atomic mass is 32.1. The van der Waals surface area contributed by atoms with Gasteiger partial charge in [0.1, 0.15) is 10.9 Å². The van der Waals surface area contributed by atoms with Crippen molar-refractivity contribution in [1.29, 1.82) is 5.26 Å². The molecule has 22 heavy (non-hydrogen) atoms. The van der Waals surface area contributed by atoms with E-state index in [1.807, 2.05) is 6.07 Å². The molecule has 0 amide bonds. The number of hydrogen-bond donors (Lipinski definition) is 1. The monoisotopic (exact) mass is 308 g/mol.